The van der Waals surface area contributed by atoms with Crippen LogP contribution in [0.4, 0.5) is 13.2 Å². The van der Waals surface area contributed by atoms with Gasteiger partial charge in [-0.05, 0) is 0 Å². The first-order valence-corrected chi connectivity index (χ1v) is 6.95. The molecule has 1 aromatic heterocycles. The fourth-order valence-electron chi connectivity index (χ4n) is 2.69. The highest BCUT2D eigenvalue weighted by Gasteiger charge is 2.25. The molecular weight excluding hydrogens is 279 g/mol. The van der Waals surface area contributed by atoms with Crippen molar-refractivity contribution in [2.45, 2.75) is 32.7 Å². The van der Waals surface area contributed by atoms with Gasteiger partial charge in [0.25, 0.3) is 0 Å². The number of benzene rings is 1. The van der Waals surface area contributed by atoms with Crippen molar-refractivity contribution in [1.82, 2.24) is 14.9 Å². The van der Waals surface area contributed by atoms with E-state index < -0.39 is 17.5 Å². The van der Waals surface area contributed by atoms with Gasteiger partial charge < -0.3 is 5.32 Å². The van der Waals surface area contributed by atoms with Crippen LogP contribution >= 0.6 is 0 Å². The normalized spacial score (nSPS) is 14.6. The molecule has 0 saturated heterocycles. The Labute approximate surface area is 120 Å². The van der Waals surface area contributed by atoms with Crippen LogP contribution in [0.25, 0.3) is 5.69 Å². The van der Waals surface area contributed by atoms with Crippen LogP contribution in [-0.4, -0.2) is 16.1 Å². The molecule has 0 fully saturated rings. The summed E-state index contributed by atoms with van der Waals surface area (Å²) in [5.74, 6) is -2.39. The first-order valence-electron chi connectivity index (χ1n) is 6.95. The molecule has 3 nitrogen and oxygen atoms in total. The summed E-state index contributed by atoms with van der Waals surface area (Å²) in [5, 5.41) is 3.19. The Morgan fingerprint density at radius 2 is 2.00 bits per heavy atom. The van der Waals surface area contributed by atoms with Gasteiger partial charge in [-0.3, -0.25) is 4.57 Å². The third kappa shape index (κ3) is 2.33. The Hall–Kier alpha value is -1.82. The highest BCUT2D eigenvalue weighted by Crippen LogP contribution is 2.28. The summed E-state index contributed by atoms with van der Waals surface area (Å²) in [6, 6.07) is 1.58. The summed E-state index contributed by atoms with van der Waals surface area (Å²) < 4.78 is 42.8. The Kier molecular flexibility index (Phi) is 3.49. The van der Waals surface area contributed by atoms with Crippen molar-refractivity contribution in [2.24, 2.45) is 0 Å². The van der Waals surface area contributed by atoms with Crippen molar-refractivity contribution in [1.29, 1.82) is 0 Å². The van der Waals surface area contributed by atoms with Crippen molar-refractivity contribution in [3.63, 3.8) is 0 Å². The molecule has 0 unspecified atom stereocenters. The van der Waals surface area contributed by atoms with E-state index in [1.54, 1.807) is 4.57 Å². The minimum atomic E-state index is -1.18. The van der Waals surface area contributed by atoms with Crippen LogP contribution in [0.5, 0.6) is 0 Å². The molecule has 2 aromatic rings. The van der Waals surface area contributed by atoms with E-state index in [0.717, 1.165) is 24.0 Å². The van der Waals surface area contributed by atoms with E-state index in [1.165, 1.54) is 0 Å². The summed E-state index contributed by atoms with van der Waals surface area (Å²) >= 11 is 0. The lowest BCUT2D eigenvalue weighted by molar-refractivity contribution is 0.487. The van der Waals surface area contributed by atoms with Gasteiger partial charge in [-0.1, -0.05) is 13.8 Å². The molecule has 1 aromatic carbocycles. The Balaban J connectivity index is 2.29. The van der Waals surface area contributed by atoms with Crippen LogP contribution in [-0.2, 0) is 13.0 Å². The summed E-state index contributed by atoms with van der Waals surface area (Å²) in [5.41, 5.74) is 1.53. The van der Waals surface area contributed by atoms with Crippen LogP contribution < -0.4 is 5.32 Å². The van der Waals surface area contributed by atoms with Gasteiger partial charge in [0.05, 0.1) is 11.4 Å². The number of nitrogens with one attached hydrogen (secondary N) is 1. The summed E-state index contributed by atoms with van der Waals surface area (Å²) in [4.78, 5) is 4.52. The van der Waals surface area contributed by atoms with E-state index in [1.807, 2.05) is 13.8 Å². The third-order valence-corrected chi connectivity index (χ3v) is 3.64. The molecule has 0 amide bonds. The number of fused-ring (bicyclic) bond motifs is 1. The van der Waals surface area contributed by atoms with Crippen LogP contribution in [0.3, 0.4) is 0 Å². The molecule has 3 rings (SSSR count). The van der Waals surface area contributed by atoms with E-state index in [0.29, 0.717) is 24.9 Å². The van der Waals surface area contributed by atoms with Crippen LogP contribution in [0.1, 0.15) is 37.0 Å². The second-order valence-corrected chi connectivity index (χ2v) is 5.50. The Morgan fingerprint density at radius 1 is 1.24 bits per heavy atom. The lowest BCUT2D eigenvalue weighted by Gasteiger charge is -2.18. The second kappa shape index (κ2) is 5.18. The predicted octanol–water partition coefficient (Wildman–Crippen LogP) is 3.06. The zero-order chi connectivity index (χ0) is 15.1. The van der Waals surface area contributed by atoms with Crippen LogP contribution in [0.2, 0.25) is 0 Å². The monoisotopic (exact) mass is 295 g/mol. The minimum Gasteiger partial charge on any atom is -0.311 e. The lowest BCUT2D eigenvalue weighted by Crippen LogP contribution is -2.25. The molecule has 0 aliphatic carbocycles. The molecule has 21 heavy (non-hydrogen) atoms. The minimum absolute atomic E-state index is 0.0151. The topological polar surface area (TPSA) is 29.9 Å². The molecule has 0 saturated carbocycles. The summed E-state index contributed by atoms with van der Waals surface area (Å²) in [7, 11) is 0. The van der Waals surface area contributed by atoms with Gasteiger partial charge in [-0.2, -0.15) is 0 Å². The summed E-state index contributed by atoms with van der Waals surface area (Å²) in [6.45, 7) is 5.16. The van der Waals surface area contributed by atoms with E-state index in [2.05, 4.69) is 10.3 Å². The number of imidazole rings is 1. The molecule has 1 aliphatic heterocycles. The van der Waals surface area contributed by atoms with E-state index >= 15 is 0 Å². The molecule has 0 radical (unpaired) electrons. The molecule has 6 heteroatoms. The van der Waals surface area contributed by atoms with Gasteiger partial charge in [-0.15, -0.1) is 0 Å². The first kappa shape index (κ1) is 14.1. The highest BCUT2D eigenvalue weighted by molar-refractivity contribution is 5.41. The smallest absolute Gasteiger partial charge is 0.183 e. The molecule has 112 valence electrons. The average Bonchev–Trinajstić information content (AvgIpc) is 2.82. The average molecular weight is 295 g/mol. The van der Waals surface area contributed by atoms with Gasteiger partial charge in [0.1, 0.15) is 11.6 Å². The molecule has 0 atom stereocenters. The third-order valence-electron chi connectivity index (χ3n) is 3.64. The molecule has 0 bridgehead atoms. The Bertz CT molecular complexity index is 692. The molecule has 1 N–H and O–H groups in total. The fraction of sp³-hybridized carbons (Fsp3) is 0.400. The van der Waals surface area contributed by atoms with E-state index in [4.69, 9.17) is 0 Å². The zero-order valence-corrected chi connectivity index (χ0v) is 11.9. The Morgan fingerprint density at radius 3 is 2.71 bits per heavy atom. The molecule has 1 aliphatic rings. The standard InChI is InChI=1S/C15H16F3N3/c1-8(2)15-20-11-7-19-4-3-12(11)21(15)13-6-9(16)5-10(17)14(13)18/h5-6,8,19H,3-4,7H2,1-2H3. The van der Waals surface area contributed by atoms with E-state index in [-0.39, 0.29) is 11.6 Å². The SMILES string of the molecule is CC(C)c1nc2c(n1-c1cc(F)cc(F)c1F)CCNC2. The number of aromatic nitrogens is 2. The predicted molar refractivity (Wildman–Crippen MR) is 72.9 cm³/mol. The maximum atomic E-state index is 14.2. The van der Waals surface area contributed by atoms with Crippen molar-refractivity contribution in [2.75, 3.05) is 6.54 Å². The quantitative estimate of drug-likeness (QED) is 0.863. The van der Waals surface area contributed by atoms with E-state index in [9.17, 15) is 13.2 Å². The number of rotatable bonds is 2. The molecular formula is C15H16F3N3. The largest absolute Gasteiger partial charge is 0.311 e. The van der Waals surface area contributed by atoms with Crippen molar-refractivity contribution >= 4 is 0 Å². The maximum Gasteiger partial charge on any atom is 0.183 e. The molecule has 0 spiro atoms. The van der Waals surface area contributed by atoms with Crippen molar-refractivity contribution < 1.29 is 13.2 Å². The van der Waals surface area contributed by atoms with Gasteiger partial charge in [0, 0.05) is 43.3 Å². The number of hydrogen-bond acceptors (Lipinski definition) is 2. The summed E-state index contributed by atoms with van der Waals surface area (Å²) in [6.07, 6.45) is 0.645. The highest BCUT2D eigenvalue weighted by atomic mass is 19.2. The van der Waals surface area contributed by atoms with Gasteiger partial charge in [0.15, 0.2) is 11.6 Å². The van der Waals surface area contributed by atoms with Gasteiger partial charge in [0.2, 0.25) is 0 Å². The number of hydrogen-bond donors (Lipinski definition) is 1. The maximum absolute atomic E-state index is 14.2. The van der Waals surface area contributed by atoms with Crippen LogP contribution in [0.15, 0.2) is 12.1 Å². The second-order valence-electron chi connectivity index (χ2n) is 5.50. The molecule has 2 heterocycles. The van der Waals surface area contributed by atoms with Crippen LogP contribution in [0, 0.1) is 17.5 Å². The van der Waals surface area contributed by atoms with Gasteiger partial charge >= 0.3 is 0 Å². The fourth-order valence-corrected chi connectivity index (χ4v) is 2.69. The first-order chi connectivity index (χ1) is 9.99. The van der Waals surface area contributed by atoms with Crippen molar-refractivity contribution in [3.8, 4) is 5.69 Å². The van der Waals surface area contributed by atoms with Gasteiger partial charge in [-0.25, -0.2) is 18.2 Å². The van der Waals surface area contributed by atoms with Crippen molar-refractivity contribution in [3.05, 3.63) is 46.8 Å². The number of nitrogens with zero attached hydrogens (tertiary/aromatic N) is 2. The number of halogens is 3. The lowest BCUT2D eigenvalue weighted by atomic mass is 10.1. The zero-order valence-electron chi connectivity index (χ0n) is 11.9.